The normalized spacial score (nSPS) is 6.83. The molecule has 6 heavy (non-hydrogen) atoms. The summed E-state index contributed by atoms with van der Waals surface area (Å²) in [5, 5.41) is 0. The van der Waals surface area contributed by atoms with Gasteiger partial charge in [0.1, 0.15) is 5.76 Å². The lowest BCUT2D eigenvalue weighted by atomic mass is 10.6. The van der Waals surface area contributed by atoms with Gasteiger partial charge >= 0.3 is 0 Å². The Hall–Kier alpha value is -0.290. The average molecular weight is 102 g/mol. The van der Waals surface area contributed by atoms with Crippen LogP contribution in [0.2, 0.25) is 0 Å². The first kappa shape index (κ1) is 5.71. The van der Waals surface area contributed by atoms with Crippen LogP contribution in [0.15, 0.2) is 25.0 Å². The number of rotatable bonds is 2. The fourth-order valence-corrected chi connectivity index (χ4v) is 0.144. The van der Waals surface area contributed by atoms with Crippen molar-refractivity contribution in [1.29, 1.82) is 0 Å². The van der Waals surface area contributed by atoms with Gasteiger partial charge in [-0.3, -0.25) is 0 Å². The first-order chi connectivity index (χ1) is 2.81. The SMILES string of the molecule is C=CC(=C)OP. The topological polar surface area (TPSA) is 9.23 Å². The Bertz CT molecular complexity index is 67.9. The minimum atomic E-state index is 0.569. The van der Waals surface area contributed by atoms with E-state index in [0.29, 0.717) is 5.76 Å². The molecule has 0 bridgehead atoms. The Morgan fingerprint density at radius 2 is 2.33 bits per heavy atom. The van der Waals surface area contributed by atoms with Gasteiger partial charge in [0.25, 0.3) is 0 Å². The van der Waals surface area contributed by atoms with E-state index < -0.39 is 0 Å². The Labute approximate surface area is 40.0 Å². The fourth-order valence-electron chi connectivity index (χ4n) is 0.0481. The van der Waals surface area contributed by atoms with E-state index in [1.807, 2.05) is 0 Å². The minimum absolute atomic E-state index is 0.569. The molecule has 1 atom stereocenters. The maximum absolute atomic E-state index is 4.50. The highest BCUT2D eigenvalue weighted by atomic mass is 31.0. The zero-order valence-corrected chi connectivity index (χ0v) is 4.63. The fraction of sp³-hybridized carbons (Fsp3) is 0. The van der Waals surface area contributed by atoms with Crippen molar-refractivity contribution in [2.24, 2.45) is 0 Å². The predicted octanol–water partition coefficient (Wildman–Crippen LogP) is 1.49. The largest absolute Gasteiger partial charge is 0.481 e. The molecule has 0 N–H and O–H groups in total. The van der Waals surface area contributed by atoms with Crippen LogP contribution in [0.1, 0.15) is 0 Å². The van der Waals surface area contributed by atoms with E-state index in [2.05, 4.69) is 27.1 Å². The van der Waals surface area contributed by atoms with Gasteiger partial charge in [-0.05, 0) is 6.08 Å². The molecule has 0 radical (unpaired) electrons. The molecule has 0 aromatic carbocycles. The average Bonchev–Trinajstić information content (AvgIpc) is 1.65. The van der Waals surface area contributed by atoms with Crippen molar-refractivity contribution < 1.29 is 4.52 Å². The molecule has 0 spiro atoms. The van der Waals surface area contributed by atoms with E-state index >= 15 is 0 Å². The Balaban J connectivity index is 3.23. The third kappa shape index (κ3) is 1.98. The third-order valence-corrected chi connectivity index (χ3v) is 0.682. The van der Waals surface area contributed by atoms with Crippen LogP contribution in [0, 0.1) is 0 Å². The van der Waals surface area contributed by atoms with Gasteiger partial charge in [0.05, 0.1) is 9.47 Å². The lowest BCUT2D eigenvalue weighted by Crippen LogP contribution is -1.64. The second-order valence-corrected chi connectivity index (χ2v) is 1.02. The van der Waals surface area contributed by atoms with Crippen molar-refractivity contribution in [2.45, 2.75) is 0 Å². The van der Waals surface area contributed by atoms with Gasteiger partial charge in [0.2, 0.25) is 0 Å². The van der Waals surface area contributed by atoms with Gasteiger partial charge in [0.15, 0.2) is 0 Å². The van der Waals surface area contributed by atoms with Crippen molar-refractivity contribution in [2.75, 3.05) is 0 Å². The van der Waals surface area contributed by atoms with E-state index in [-0.39, 0.29) is 0 Å². The van der Waals surface area contributed by atoms with E-state index in [0.717, 1.165) is 0 Å². The molecule has 0 rings (SSSR count). The molecule has 1 unspecified atom stereocenters. The standard InChI is InChI=1S/C4H7OP/c1-3-4(2)5-6/h3H,1-2,6H2. The van der Waals surface area contributed by atoms with E-state index in [4.69, 9.17) is 0 Å². The Morgan fingerprint density at radius 1 is 1.83 bits per heavy atom. The van der Waals surface area contributed by atoms with E-state index in [1.54, 1.807) is 0 Å². The monoisotopic (exact) mass is 102 g/mol. The van der Waals surface area contributed by atoms with Crippen molar-refractivity contribution in [3.05, 3.63) is 25.0 Å². The maximum atomic E-state index is 4.50. The van der Waals surface area contributed by atoms with Crippen LogP contribution >= 0.6 is 9.47 Å². The number of allylic oxidation sites excluding steroid dienone is 1. The zero-order chi connectivity index (χ0) is 4.99. The Kier molecular flexibility index (Phi) is 2.78. The first-order valence-corrected chi connectivity index (χ1v) is 1.96. The van der Waals surface area contributed by atoms with Crippen LogP contribution in [0.25, 0.3) is 0 Å². The molecule has 0 heterocycles. The van der Waals surface area contributed by atoms with Crippen molar-refractivity contribution >= 4 is 9.47 Å². The second kappa shape index (κ2) is 2.92. The zero-order valence-electron chi connectivity index (χ0n) is 3.48. The van der Waals surface area contributed by atoms with Crippen molar-refractivity contribution in [3.63, 3.8) is 0 Å². The molecule has 0 aromatic rings. The lowest BCUT2D eigenvalue weighted by Gasteiger charge is -1.89. The molecule has 0 aromatic heterocycles. The molecule has 1 nitrogen and oxygen atoms in total. The maximum Gasteiger partial charge on any atom is 0.114 e. The summed E-state index contributed by atoms with van der Waals surface area (Å²) in [5.74, 6) is 0.569. The Morgan fingerprint density at radius 3 is 2.33 bits per heavy atom. The van der Waals surface area contributed by atoms with Gasteiger partial charge in [-0.25, -0.2) is 0 Å². The summed E-state index contributed by atoms with van der Waals surface area (Å²) in [5.41, 5.74) is 0. The quantitative estimate of drug-likeness (QED) is 0.291. The molecule has 34 valence electrons. The van der Waals surface area contributed by atoms with E-state index in [1.165, 1.54) is 6.08 Å². The summed E-state index contributed by atoms with van der Waals surface area (Å²) in [6.07, 6.45) is 1.53. The molecule has 0 saturated carbocycles. The molecule has 0 aliphatic rings. The van der Waals surface area contributed by atoms with Crippen LogP contribution < -0.4 is 0 Å². The van der Waals surface area contributed by atoms with Crippen LogP contribution in [0.3, 0.4) is 0 Å². The summed E-state index contributed by atoms with van der Waals surface area (Å²) in [6.45, 7) is 6.82. The predicted molar refractivity (Wildman–Crippen MR) is 30.1 cm³/mol. The minimum Gasteiger partial charge on any atom is -0.481 e. The molecule has 2 heteroatoms. The molecule has 0 saturated heterocycles. The third-order valence-electron chi connectivity index (χ3n) is 0.379. The summed E-state index contributed by atoms with van der Waals surface area (Å²) in [6, 6.07) is 0. The van der Waals surface area contributed by atoms with Crippen LogP contribution in [0.4, 0.5) is 0 Å². The van der Waals surface area contributed by atoms with Crippen LogP contribution in [0.5, 0.6) is 0 Å². The highest BCUT2D eigenvalue weighted by molar-refractivity contribution is 7.10. The van der Waals surface area contributed by atoms with E-state index in [9.17, 15) is 0 Å². The van der Waals surface area contributed by atoms with Crippen LogP contribution in [-0.2, 0) is 4.52 Å². The molecule has 0 fully saturated rings. The molecule has 0 aliphatic carbocycles. The first-order valence-electron chi connectivity index (χ1n) is 1.49. The number of hydrogen-bond donors (Lipinski definition) is 0. The van der Waals surface area contributed by atoms with Gasteiger partial charge in [-0.1, -0.05) is 13.2 Å². The number of hydrogen-bond acceptors (Lipinski definition) is 1. The molecule has 0 aliphatic heterocycles. The van der Waals surface area contributed by atoms with Gasteiger partial charge in [-0.2, -0.15) is 0 Å². The molecular weight excluding hydrogens is 95.0 g/mol. The van der Waals surface area contributed by atoms with Gasteiger partial charge < -0.3 is 4.52 Å². The molecule has 0 amide bonds. The summed E-state index contributed by atoms with van der Waals surface area (Å²) >= 11 is 0. The summed E-state index contributed by atoms with van der Waals surface area (Å²) in [7, 11) is 2.07. The molecular formula is C4H7OP. The highest BCUT2D eigenvalue weighted by Crippen LogP contribution is 1.97. The lowest BCUT2D eigenvalue weighted by molar-refractivity contribution is 0.524. The van der Waals surface area contributed by atoms with Crippen LogP contribution in [-0.4, -0.2) is 0 Å². The van der Waals surface area contributed by atoms with Gasteiger partial charge in [0, 0.05) is 0 Å². The highest BCUT2D eigenvalue weighted by Gasteiger charge is 1.71. The second-order valence-electron chi connectivity index (χ2n) is 0.788. The summed E-state index contributed by atoms with van der Waals surface area (Å²) in [4.78, 5) is 0. The smallest absolute Gasteiger partial charge is 0.114 e. The summed E-state index contributed by atoms with van der Waals surface area (Å²) < 4.78 is 4.50. The van der Waals surface area contributed by atoms with Gasteiger partial charge in [-0.15, -0.1) is 0 Å². The van der Waals surface area contributed by atoms with Crippen molar-refractivity contribution in [3.8, 4) is 0 Å². The van der Waals surface area contributed by atoms with Crippen molar-refractivity contribution in [1.82, 2.24) is 0 Å².